The zero-order chi connectivity index (χ0) is 14.0. The molecule has 1 fully saturated rings. The first kappa shape index (κ1) is 16.2. The smallest absolute Gasteiger partial charge is 0.214 e. The largest absolute Gasteiger partial charge is 0.374 e. The van der Waals surface area contributed by atoms with Gasteiger partial charge in [0.25, 0.3) is 0 Å². The lowest BCUT2D eigenvalue weighted by Crippen LogP contribution is -2.52. The zero-order valence-corrected chi connectivity index (χ0v) is 13.2. The second-order valence-corrected chi connectivity index (χ2v) is 8.50. The Bertz CT molecular complexity index is 364. The van der Waals surface area contributed by atoms with Crippen LogP contribution in [-0.4, -0.2) is 49.7 Å². The molecule has 1 saturated heterocycles. The molecule has 0 aromatic heterocycles. The van der Waals surface area contributed by atoms with E-state index in [1.54, 1.807) is 4.31 Å². The Kier molecular flexibility index (Phi) is 5.47. The van der Waals surface area contributed by atoms with Crippen molar-refractivity contribution < 1.29 is 13.2 Å². The number of halogens is 1. The van der Waals surface area contributed by atoms with Crippen molar-refractivity contribution in [3.05, 3.63) is 0 Å². The molecule has 0 aliphatic carbocycles. The summed E-state index contributed by atoms with van der Waals surface area (Å²) in [6.07, 6.45) is 0.470. The summed E-state index contributed by atoms with van der Waals surface area (Å²) in [6.45, 7) is 8.81. The quantitative estimate of drug-likeness (QED) is 0.747. The second kappa shape index (κ2) is 6.07. The highest BCUT2D eigenvalue weighted by Gasteiger charge is 2.34. The van der Waals surface area contributed by atoms with Crippen LogP contribution in [0.25, 0.3) is 0 Å². The molecular formula is C12H24ClNO3S. The number of ether oxygens (including phenoxy) is 1. The molecule has 0 bridgehead atoms. The third-order valence-electron chi connectivity index (χ3n) is 3.09. The van der Waals surface area contributed by atoms with E-state index in [2.05, 4.69) is 0 Å². The van der Waals surface area contributed by atoms with E-state index >= 15 is 0 Å². The van der Waals surface area contributed by atoms with Gasteiger partial charge in [-0.15, -0.1) is 11.6 Å². The van der Waals surface area contributed by atoms with Crippen LogP contribution < -0.4 is 0 Å². The highest BCUT2D eigenvalue weighted by Crippen LogP contribution is 2.23. The Morgan fingerprint density at radius 3 is 2.50 bits per heavy atom. The van der Waals surface area contributed by atoms with Crippen LogP contribution in [0.1, 0.15) is 34.1 Å². The van der Waals surface area contributed by atoms with Crippen LogP contribution >= 0.6 is 11.6 Å². The molecule has 18 heavy (non-hydrogen) atoms. The summed E-state index contributed by atoms with van der Waals surface area (Å²) < 4.78 is 31.7. The lowest BCUT2D eigenvalue weighted by atomic mass is 9.94. The third kappa shape index (κ3) is 4.68. The van der Waals surface area contributed by atoms with Gasteiger partial charge in [-0.05, 0) is 18.8 Å². The summed E-state index contributed by atoms with van der Waals surface area (Å²) in [7, 11) is -3.21. The predicted molar refractivity (Wildman–Crippen MR) is 74.5 cm³/mol. The number of morpholine rings is 1. The van der Waals surface area contributed by atoms with Crippen LogP contribution in [0.4, 0.5) is 0 Å². The summed E-state index contributed by atoms with van der Waals surface area (Å²) >= 11 is 5.75. The van der Waals surface area contributed by atoms with Gasteiger partial charge in [0, 0.05) is 18.5 Å². The van der Waals surface area contributed by atoms with Crippen molar-refractivity contribution in [3.63, 3.8) is 0 Å². The maximum atomic E-state index is 12.3. The first-order chi connectivity index (χ1) is 8.15. The average molecular weight is 298 g/mol. The number of sulfonamides is 1. The Morgan fingerprint density at radius 1 is 1.39 bits per heavy atom. The average Bonchev–Trinajstić information content (AvgIpc) is 2.26. The van der Waals surface area contributed by atoms with Crippen LogP contribution in [0.5, 0.6) is 0 Å². The van der Waals surface area contributed by atoms with Gasteiger partial charge in [-0.25, -0.2) is 8.42 Å². The molecule has 4 nitrogen and oxygen atoms in total. The minimum Gasteiger partial charge on any atom is -0.374 e. The highest BCUT2D eigenvalue weighted by molar-refractivity contribution is 7.89. The molecule has 0 spiro atoms. The van der Waals surface area contributed by atoms with E-state index in [0.717, 1.165) is 0 Å². The fraction of sp³-hybridized carbons (Fsp3) is 1.00. The molecule has 0 radical (unpaired) electrons. The molecule has 0 aromatic rings. The summed E-state index contributed by atoms with van der Waals surface area (Å²) in [5.41, 5.74) is 0.0223. The number of alkyl halides is 1. The Morgan fingerprint density at radius 2 is 2.00 bits per heavy atom. The molecule has 2 unspecified atom stereocenters. The van der Waals surface area contributed by atoms with Crippen LogP contribution in [0, 0.1) is 5.41 Å². The Balaban J connectivity index is 2.70. The van der Waals surface area contributed by atoms with E-state index in [4.69, 9.17) is 16.3 Å². The van der Waals surface area contributed by atoms with Gasteiger partial charge in [0.2, 0.25) is 10.0 Å². The molecule has 0 N–H and O–H groups in total. The minimum atomic E-state index is -3.21. The highest BCUT2D eigenvalue weighted by atomic mass is 35.5. The molecule has 6 heteroatoms. The molecule has 108 valence electrons. The molecule has 1 rings (SSSR count). The zero-order valence-electron chi connectivity index (χ0n) is 11.6. The van der Waals surface area contributed by atoms with Gasteiger partial charge >= 0.3 is 0 Å². The second-order valence-electron chi connectivity index (χ2n) is 6.16. The summed E-state index contributed by atoms with van der Waals surface area (Å²) in [4.78, 5) is 0. The van der Waals surface area contributed by atoms with E-state index in [1.165, 1.54) is 0 Å². The van der Waals surface area contributed by atoms with Crippen LogP contribution in [0.2, 0.25) is 0 Å². The normalized spacial score (nSPS) is 27.4. The number of nitrogens with zero attached hydrogens (tertiary/aromatic N) is 1. The molecular weight excluding hydrogens is 274 g/mol. The molecule has 1 aliphatic heterocycles. The van der Waals surface area contributed by atoms with Gasteiger partial charge < -0.3 is 4.74 Å². The Labute approximate surface area is 116 Å². The maximum Gasteiger partial charge on any atom is 0.214 e. The van der Waals surface area contributed by atoms with Gasteiger partial charge in [0.1, 0.15) is 0 Å². The van der Waals surface area contributed by atoms with Crippen LogP contribution in [0.15, 0.2) is 0 Å². The van der Waals surface area contributed by atoms with E-state index in [9.17, 15) is 8.42 Å². The van der Waals surface area contributed by atoms with Gasteiger partial charge in [-0.2, -0.15) is 4.31 Å². The molecule has 2 atom stereocenters. The first-order valence-electron chi connectivity index (χ1n) is 6.33. The molecule has 0 saturated carbocycles. The summed E-state index contributed by atoms with van der Waals surface area (Å²) in [5, 5.41) is 0. The number of hydrogen-bond acceptors (Lipinski definition) is 3. The van der Waals surface area contributed by atoms with Gasteiger partial charge in [-0.1, -0.05) is 20.8 Å². The predicted octanol–water partition coefficient (Wildman–Crippen LogP) is 2.08. The standard InChI is InChI=1S/C12H24ClNO3S/c1-10-9-17-11(7-13)8-14(10)18(15,16)6-5-12(2,3)4/h10-11H,5-9H2,1-4H3. The molecule has 0 amide bonds. The van der Waals surface area contributed by atoms with Gasteiger partial charge in [0.15, 0.2) is 0 Å². The van der Waals surface area contributed by atoms with E-state index in [0.29, 0.717) is 25.5 Å². The lowest BCUT2D eigenvalue weighted by molar-refractivity contribution is -0.0152. The SMILES string of the molecule is CC1COC(CCl)CN1S(=O)(=O)CCC(C)(C)C. The van der Waals surface area contributed by atoms with Crippen molar-refractivity contribution in [2.24, 2.45) is 5.41 Å². The van der Waals surface area contributed by atoms with E-state index < -0.39 is 10.0 Å². The fourth-order valence-corrected chi connectivity index (χ4v) is 4.12. The van der Waals surface area contributed by atoms with Crippen molar-refractivity contribution in [3.8, 4) is 0 Å². The van der Waals surface area contributed by atoms with Crippen molar-refractivity contribution >= 4 is 21.6 Å². The lowest BCUT2D eigenvalue weighted by Gasteiger charge is -2.36. The number of rotatable bonds is 4. The van der Waals surface area contributed by atoms with Crippen molar-refractivity contribution in [1.29, 1.82) is 0 Å². The monoisotopic (exact) mass is 297 g/mol. The topological polar surface area (TPSA) is 46.6 Å². The van der Waals surface area contributed by atoms with Gasteiger partial charge in [-0.3, -0.25) is 0 Å². The molecule has 1 aliphatic rings. The molecule has 1 heterocycles. The fourth-order valence-electron chi connectivity index (χ4n) is 1.83. The van der Waals surface area contributed by atoms with Crippen LogP contribution in [-0.2, 0) is 14.8 Å². The van der Waals surface area contributed by atoms with Crippen molar-refractivity contribution in [1.82, 2.24) is 4.31 Å². The van der Waals surface area contributed by atoms with E-state index in [1.807, 2.05) is 27.7 Å². The maximum absolute atomic E-state index is 12.3. The summed E-state index contributed by atoms with van der Waals surface area (Å²) in [5.74, 6) is 0.522. The third-order valence-corrected chi connectivity index (χ3v) is 5.38. The Hall–Kier alpha value is 0.160. The minimum absolute atomic E-state index is 0.0223. The van der Waals surface area contributed by atoms with E-state index in [-0.39, 0.29) is 23.3 Å². The van der Waals surface area contributed by atoms with Gasteiger partial charge in [0.05, 0.1) is 18.5 Å². The summed E-state index contributed by atoms with van der Waals surface area (Å²) in [6, 6.07) is -0.102. The first-order valence-corrected chi connectivity index (χ1v) is 8.47. The van der Waals surface area contributed by atoms with Crippen molar-refractivity contribution in [2.75, 3.05) is 24.8 Å². The number of hydrogen-bond donors (Lipinski definition) is 0. The molecule has 0 aromatic carbocycles. The van der Waals surface area contributed by atoms with Crippen molar-refractivity contribution in [2.45, 2.75) is 46.3 Å². The van der Waals surface area contributed by atoms with Crippen LogP contribution in [0.3, 0.4) is 0 Å².